The zero-order chi connectivity index (χ0) is 22.8. The molecule has 5 rings (SSSR count). The summed E-state index contributed by atoms with van der Waals surface area (Å²) in [6.07, 6.45) is 0.928. The van der Waals surface area contributed by atoms with Gasteiger partial charge in [-0.25, -0.2) is 0 Å². The molecule has 3 heterocycles. The van der Waals surface area contributed by atoms with Crippen molar-refractivity contribution in [3.05, 3.63) is 81.7 Å². The summed E-state index contributed by atoms with van der Waals surface area (Å²) in [4.78, 5) is 3.73. The van der Waals surface area contributed by atoms with Crippen molar-refractivity contribution < 1.29 is 18.7 Å². The number of aromatic nitrogens is 1. The standard InChI is InChI=1S/C26H26N2O4S/c1-29-19-8-6-17(7-9-19)22-14-20(32-27-22)16-28-11-10-18-13-23(30-2)24(31-3)15-21(18)26(28)25-5-4-12-33-25/h4-9,12-15,26H,10-11,16H2,1-3H3. The maximum atomic E-state index is 5.75. The predicted molar refractivity (Wildman–Crippen MR) is 128 cm³/mol. The highest BCUT2D eigenvalue weighted by atomic mass is 32.1. The van der Waals surface area contributed by atoms with Crippen LogP contribution in [0.25, 0.3) is 11.3 Å². The molecule has 33 heavy (non-hydrogen) atoms. The summed E-state index contributed by atoms with van der Waals surface area (Å²) in [5.41, 5.74) is 4.36. The van der Waals surface area contributed by atoms with Crippen LogP contribution in [0.15, 0.2) is 64.5 Å². The van der Waals surface area contributed by atoms with E-state index in [0.29, 0.717) is 6.54 Å². The molecule has 170 valence electrons. The first kappa shape index (κ1) is 21.6. The van der Waals surface area contributed by atoms with Gasteiger partial charge in [-0.2, -0.15) is 0 Å². The highest BCUT2D eigenvalue weighted by Gasteiger charge is 2.32. The number of benzene rings is 2. The number of nitrogens with zero attached hydrogens (tertiary/aromatic N) is 2. The SMILES string of the molecule is COc1ccc(-c2cc(CN3CCc4cc(OC)c(OC)cc4C3c3cccs3)on2)cc1. The van der Waals surface area contributed by atoms with E-state index >= 15 is 0 Å². The Morgan fingerprint density at radius 3 is 2.48 bits per heavy atom. The lowest BCUT2D eigenvalue weighted by Crippen LogP contribution is -2.35. The Hall–Kier alpha value is -3.29. The molecule has 1 atom stereocenters. The van der Waals surface area contributed by atoms with Crippen LogP contribution in [-0.2, 0) is 13.0 Å². The van der Waals surface area contributed by atoms with Gasteiger partial charge in [-0.05, 0) is 65.4 Å². The summed E-state index contributed by atoms with van der Waals surface area (Å²) in [7, 11) is 5.02. The summed E-state index contributed by atoms with van der Waals surface area (Å²) in [5, 5.41) is 6.44. The fourth-order valence-electron chi connectivity index (χ4n) is 4.43. The van der Waals surface area contributed by atoms with Gasteiger partial charge in [0.05, 0.1) is 33.9 Å². The van der Waals surface area contributed by atoms with Crippen LogP contribution in [-0.4, -0.2) is 37.9 Å². The van der Waals surface area contributed by atoms with Crippen molar-refractivity contribution in [2.24, 2.45) is 0 Å². The Kier molecular flexibility index (Phi) is 6.07. The third-order valence-corrected chi connectivity index (χ3v) is 7.01. The lowest BCUT2D eigenvalue weighted by atomic mass is 9.90. The Balaban J connectivity index is 1.45. The second kappa shape index (κ2) is 9.29. The van der Waals surface area contributed by atoms with Gasteiger partial charge in [-0.3, -0.25) is 4.90 Å². The monoisotopic (exact) mass is 462 g/mol. The maximum Gasteiger partial charge on any atom is 0.161 e. The summed E-state index contributed by atoms with van der Waals surface area (Å²) < 4.78 is 22.2. The first-order valence-corrected chi connectivity index (χ1v) is 11.7. The molecule has 0 bridgehead atoms. The van der Waals surface area contributed by atoms with Crippen LogP contribution in [0.4, 0.5) is 0 Å². The van der Waals surface area contributed by atoms with Crippen molar-refractivity contribution >= 4 is 11.3 Å². The lowest BCUT2D eigenvalue weighted by molar-refractivity contribution is 0.183. The minimum Gasteiger partial charge on any atom is -0.497 e. The number of rotatable bonds is 7. The molecule has 1 aliphatic rings. The molecular weight excluding hydrogens is 436 g/mol. The van der Waals surface area contributed by atoms with E-state index in [2.05, 4.69) is 39.7 Å². The Bertz CT molecular complexity index is 1220. The number of fused-ring (bicyclic) bond motifs is 1. The van der Waals surface area contributed by atoms with Gasteiger partial charge in [0.15, 0.2) is 17.3 Å². The number of methoxy groups -OCH3 is 3. The number of ether oxygens (including phenoxy) is 3. The topological polar surface area (TPSA) is 57.0 Å². The molecule has 0 aliphatic carbocycles. The summed E-state index contributed by atoms with van der Waals surface area (Å²) in [6.45, 7) is 1.57. The Morgan fingerprint density at radius 2 is 1.79 bits per heavy atom. The van der Waals surface area contributed by atoms with E-state index in [9.17, 15) is 0 Å². The molecule has 0 fully saturated rings. The molecule has 4 aromatic rings. The lowest BCUT2D eigenvalue weighted by Gasteiger charge is -2.36. The molecule has 1 unspecified atom stereocenters. The van der Waals surface area contributed by atoms with Gasteiger partial charge < -0.3 is 18.7 Å². The van der Waals surface area contributed by atoms with E-state index in [1.807, 2.05) is 30.3 Å². The Labute approximate surface area is 197 Å². The predicted octanol–water partition coefficient (Wildman–Crippen LogP) is 5.58. The third-order valence-electron chi connectivity index (χ3n) is 6.09. The number of thiophene rings is 1. The first-order valence-electron chi connectivity index (χ1n) is 10.8. The van der Waals surface area contributed by atoms with Gasteiger partial charge >= 0.3 is 0 Å². The van der Waals surface area contributed by atoms with Crippen LogP contribution < -0.4 is 14.2 Å². The van der Waals surface area contributed by atoms with E-state index in [1.165, 1.54) is 16.0 Å². The fourth-order valence-corrected chi connectivity index (χ4v) is 5.31. The first-order chi connectivity index (χ1) is 16.2. The molecule has 7 heteroatoms. The smallest absolute Gasteiger partial charge is 0.161 e. The Morgan fingerprint density at radius 1 is 1.00 bits per heavy atom. The van der Waals surface area contributed by atoms with Gasteiger partial charge in [-0.15, -0.1) is 11.3 Å². The molecule has 2 aromatic carbocycles. The normalized spacial score (nSPS) is 15.8. The van der Waals surface area contributed by atoms with Gasteiger partial charge in [0.2, 0.25) is 0 Å². The zero-order valence-corrected chi connectivity index (χ0v) is 19.7. The summed E-state index contributed by atoms with van der Waals surface area (Å²) in [6, 6.07) is 18.5. The second-order valence-corrected chi connectivity index (χ2v) is 8.93. The van der Waals surface area contributed by atoms with E-state index in [0.717, 1.165) is 47.2 Å². The molecule has 2 aromatic heterocycles. The fraction of sp³-hybridized carbons (Fsp3) is 0.269. The average molecular weight is 463 g/mol. The number of hydrogen-bond donors (Lipinski definition) is 0. The van der Waals surface area contributed by atoms with Crippen molar-refractivity contribution in [3.8, 4) is 28.5 Å². The molecule has 0 N–H and O–H groups in total. The van der Waals surface area contributed by atoms with E-state index in [1.54, 1.807) is 32.7 Å². The largest absolute Gasteiger partial charge is 0.497 e. The van der Waals surface area contributed by atoms with Crippen LogP contribution in [0.5, 0.6) is 17.2 Å². The van der Waals surface area contributed by atoms with Crippen LogP contribution in [0.2, 0.25) is 0 Å². The average Bonchev–Trinajstić information content (AvgIpc) is 3.56. The van der Waals surface area contributed by atoms with E-state index < -0.39 is 0 Å². The minimum atomic E-state index is 0.114. The van der Waals surface area contributed by atoms with Crippen LogP contribution >= 0.6 is 11.3 Å². The van der Waals surface area contributed by atoms with Crippen LogP contribution in [0, 0.1) is 0 Å². The minimum absolute atomic E-state index is 0.114. The van der Waals surface area contributed by atoms with Gasteiger partial charge in [-0.1, -0.05) is 11.2 Å². The molecule has 6 nitrogen and oxygen atoms in total. The van der Waals surface area contributed by atoms with Crippen molar-refractivity contribution in [3.63, 3.8) is 0 Å². The quantitative estimate of drug-likeness (QED) is 0.358. The van der Waals surface area contributed by atoms with Gasteiger partial charge in [0.25, 0.3) is 0 Å². The molecular formula is C26H26N2O4S. The molecule has 0 amide bonds. The number of hydrogen-bond acceptors (Lipinski definition) is 7. The molecule has 1 aliphatic heterocycles. The molecule has 0 radical (unpaired) electrons. The summed E-state index contributed by atoms with van der Waals surface area (Å²) >= 11 is 1.76. The summed E-state index contributed by atoms with van der Waals surface area (Å²) in [5.74, 6) is 3.18. The molecule has 0 saturated heterocycles. The van der Waals surface area contributed by atoms with Crippen LogP contribution in [0.1, 0.15) is 27.8 Å². The van der Waals surface area contributed by atoms with Crippen molar-refractivity contribution in [2.45, 2.75) is 19.0 Å². The van der Waals surface area contributed by atoms with E-state index in [4.69, 9.17) is 18.7 Å². The second-order valence-electron chi connectivity index (χ2n) is 7.95. The van der Waals surface area contributed by atoms with E-state index in [-0.39, 0.29) is 6.04 Å². The van der Waals surface area contributed by atoms with Crippen molar-refractivity contribution in [2.75, 3.05) is 27.9 Å². The maximum absolute atomic E-state index is 5.75. The van der Waals surface area contributed by atoms with Gasteiger partial charge in [0.1, 0.15) is 11.4 Å². The third kappa shape index (κ3) is 4.21. The van der Waals surface area contributed by atoms with Crippen molar-refractivity contribution in [1.29, 1.82) is 0 Å². The highest BCUT2D eigenvalue weighted by molar-refractivity contribution is 7.10. The highest BCUT2D eigenvalue weighted by Crippen LogP contribution is 2.42. The molecule has 0 saturated carbocycles. The zero-order valence-electron chi connectivity index (χ0n) is 18.9. The van der Waals surface area contributed by atoms with Crippen molar-refractivity contribution in [1.82, 2.24) is 10.1 Å². The molecule has 0 spiro atoms. The van der Waals surface area contributed by atoms with Gasteiger partial charge in [0, 0.05) is 23.1 Å². The van der Waals surface area contributed by atoms with Crippen LogP contribution in [0.3, 0.4) is 0 Å².